The van der Waals surface area contributed by atoms with Crippen LogP contribution < -0.4 is 5.32 Å². The molecule has 1 saturated carbocycles. The normalized spacial score (nSPS) is 23.8. The summed E-state index contributed by atoms with van der Waals surface area (Å²) >= 11 is 0. The first-order chi connectivity index (χ1) is 8.17. The second-order valence-electron chi connectivity index (χ2n) is 5.11. The highest BCUT2D eigenvalue weighted by Gasteiger charge is 2.20. The summed E-state index contributed by atoms with van der Waals surface area (Å²) < 4.78 is 0. The van der Waals surface area contributed by atoms with Crippen LogP contribution in [0.3, 0.4) is 0 Å². The molecule has 0 atom stereocenters. The molecule has 0 bridgehead atoms. The van der Waals surface area contributed by atoms with Gasteiger partial charge in [-0.25, -0.2) is 0 Å². The van der Waals surface area contributed by atoms with Gasteiger partial charge in [0.15, 0.2) is 5.96 Å². The van der Waals surface area contributed by atoms with Crippen LogP contribution in [0.25, 0.3) is 0 Å². The summed E-state index contributed by atoms with van der Waals surface area (Å²) in [5, 5.41) is 3.16. The van der Waals surface area contributed by atoms with Gasteiger partial charge in [-0.05, 0) is 24.7 Å². The molecule has 0 aromatic heterocycles. The summed E-state index contributed by atoms with van der Waals surface area (Å²) in [6, 6.07) is 0. The zero-order valence-corrected chi connectivity index (χ0v) is 14.1. The standard InChI is InChI=1S/C14H25N3.HI/c1-5-10-16-14(15-3)17(4)11-13-8-6-12(2)7-9-13;/h1,12-13H,6-11H2,2-4H3,(H,15,16);1H. The fraction of sp³-hybridized carbons (Fsp3) is 0.786. The lowest BCUT2D eigenvalue weighted by molar-refractivity contribution is 0.250. The van der Waals surface area contributed by atoms with Crippen LogP contribution in [0, 0.1) is 24.2 Å². The van der Waals surface area contributed by atoms with Crippen molar-refractivity contribution in [3.63, 3.8) is 0 Å². The smallest absolute Gasteiger partial charge is 0.194 e. The molecular weight excluding hydrogens is 337 g/mol. The first kappa shape index (κ1) is 17.6. The van der Waals surface area contributed by atoms with E-state index in [1.54, 1.807) is 7.05 Å². The summed E-state index contributed by atoms with van der Waals surface area (Å²) in [6.07, 6.45) is 10.7. The molecule has 1 fully saturated rings. The Bertz CT molecular complexity index is 288. The fourth-order valence-corrected chi connectivity index (χ4v) is 2.50. The van der Waals surface area contributed by atoms with Crippen molar-refractivity contribution in [3.8, 4) is 12.3 Å². The van der Waals surface area contributed by atoms with Gasteiger partial charge >= 0.3 is 0 Å². The molecule has 0 heterocycles. The molecule has 1 aliphatic rings. The lowest BCUT2D eigenvalue weighted by Gasteiger charge is -2.31. The Labute approximate surface area is 129 Å². The molecule has 0 unspecified atom stereocenters. The summed E-state index contributed by atoms with van der Waals surface area (Å²) in [4.78, 5) is 6.43. The highest BCUT2D eigenvalue weighted by Crippen LogP contribution is 2.28. The summed E-state index contributed by atoms with van der Waals surface area (Å²) in [5.41, 5.74) is 0. The number of halogens is 1. The Hall–Kier alpha value is -0.440. The van der Waals surface area contributed by atoms with E-state index in [2.05, 4.69) is 35.1 Å². The van der Waals surface area contributed by atoms with E-state index >= 15 is 0 Å². The Morgan fingerprint density at radius 1 is 1.39 bits per heavy atom. The average molecular weight is 363 g/mol. The van der Waals surface area contributed by atoms with Gasteiger partial charge in [0.25, 0.3) is 0 Å². The number of terminal acetylenes is 1. The van der Waals surface area contributed by atoms with Gasteiger partial charge in [-0.1, -0.05) is 25.7 Å². The third-order valence-corrected chi connectivity index (χ3v) is 3.59. The number of guanidine groups is 1. The second-order valence-corrected chi connectivity index (χ2v) is 5.11. The van der Waals surface area contributed by atoms with Crippen LogP contribution in [0.5, 0.6) is 0 Å². The van der Waals surface area contributed by atoms with Gasteiger partial charge in [0.05, 0.1) is 6.54 Å². The van der Waals surface area contributed by atoms with Gasteiger partial charge in [0.1, 0.15) is 0 Å². The van der Waals surface area contributed by atoms with Gasteiger partial charge in [-0.3, -0.25) is 4.99 Å². The highest BCUT2D eigenvalue weighted by atomic mass is 127. The Morgan fingerprint density at radius 2 is 2.00 bits per heavy atom. The molecule has 0 aliphatic heterocycles. The molecule has 3 nitrogen and oxygen atoms in total. The van der Waals surface area contributed by atoms with Crippen molar-refractivity contribution in [1.82, 2.24) is 10.2 Å². The third-order valence-electron chi connectivity index (χ3n) is 3.59. The minimum Gasteiger partial charge on any atom is -0.346 e. The van der Waals surface area contributed by atoms with Crippen molar-refractivity contribution in [2.45, 2.75) is 32.6 Å². The monoisotopic (exact) mass is 363 g/mol. The van der Waals surface area contributed by atoms with Crippen LogP contribution in [0.4, 0.5) is 0 Å². The minimum atomic E-state index is 0. The van der Waals surface area contributed by atoms with Crippen molar-refractivity contribution in [2.75, 3.05) is 27.2 Å². The molecule has 18 heavy (non-hydrogen) atoms. The van der Waals surface area contributed by atoms with Crippen LogP contribution in [0.2, 0.25) is 0 Å². The van der Waals surface area contributed by atoms with Crippen molar-refractivity contribution in [2.24, 2.45) is 16.8 Å². The summed E-state index contributed by atoms with van der Waals surface area (Å²) in [5.74, 6) is 5.20. The number of hydrogen-bond donors (Lipinski definition) is 1. The molecule has 1 N–H and O–H groups in total. The minimum absolute atomic E-state index is 0. The topological polar surface area (TPSA) is 27.6 Å². The lowest BCUT2D eigenvalue weighted by Crippen LogP contribution is -2.41. The van der Waals surface area contributed by atoms with E-state index in [1.165, 1.54) is 25.7 Å². The van der Waals surface area contributed by atoms with Crippen LogP contribution in [-0.4, -0.2) is 38.0 Å². The Kier molecular flexibility index (Phi) is 9.25. The molecule has 4 heteroatoms. The van der Waals surface area contributed by atoms with Gasteiger partial charge in [-0.15, -0.1) is 30.4 Å². The van der Waals surface area contributed by atoms with E-state index in [0.29, 0.717) is 6.54 Å². The molecule has 104 valence electrons. The maximum absolute atomic E-state index is 5.25. The highest BCUT2D eigenvalue weighted by molar-refractivity contribution is 14.0. The van der Waals surface area contributed by atoms with Gasteiger partial charge < -0.3 is 10.2 Å². The maximum Gasteiger partial charge on any atom is 0.194 e. The van der Waals surface area contributed by atoms with Gasteiger partial charge in [0.2, 0.25) is 0 Å². The Morgan fingerprint density at radius 3 is 2.50 bits per heavy atom. The van der Waals surface area contributed by atoms with E-state index < -0.39 is 0 Å². The quantitative estimate of drug-likeness (QED) is 0.361. The predicted molar refractivity (Wildman–Crippen MR) is 89.4 cm³/mol. The van der Waals surface area contributed by atoms with Crippen molar-refractivity contribution in [1.29, 1.82) is 0 Å². The molecule has 1 aliphatic carbocycles. The van der Waals surface area contributed by atoms with E-state index in [1.807, 2.05) is 0 Å². The zero-order chi connectivity index (χ0) is 12.7. The van der Waals surface area contributed by atoms with Crippen molar-refractivity contribution in [3.05, 3.63) is 0 Å². The van der Waals surface area contributed by atoms with E-state index in [4.69, 9.17) is 6.42 Å². The molecule has 0 amide bonds. The number of nitrogens with one attached hydrogen (secondary N) is 1. The van der Waals surface area contributed by atoms with Crippen LogP contribution in [0.15, 0.2) is 4.99 Å². The van der Waals surface area contributed by atoms with E-state index in [0.717, 1.165) is 24.3 Å². The SMILES string of the molecule is C#CCNC(=NC)N(C)CC1CCC(C)CC1.I. The zero-order valence-electron chi connectivity index (χ0n) is 11.8. The second kappa shape index (κ2) is 9.48. The van der Waals surface area contributed by atoms with Crippen molar-refractivity contribution >= 4 is 29.9 Å². The number of hydrogen-bond acceptors (Lipinski definition) is 1. The molecule has 0 aromatic carbocycles. The lowest BCUT2D eigenvalue weighted by atomic mass is 9.83. The largest absolute Gasteiger partial charge is 0.346 e. The van der Waals surface area contributed by atoms with Crippen LogP contribution in [0.1, 0.15) is 32.6 Å². The van der Waals surface area contributed by atoms with Crippen LogP contribution in [-0.2, 0) is 0 Å². The molecule has 1 rings (SSSR count). The third kappa shape index (κ3) is 5.94. The summed E-state index contributed by atoms with van der Waals surface area (Å²) in [6.45, 7) is 3.98. The predicted octanol–water partition coefficient (Wildman–Crippen LogP) is 2.57. The first-order valence-electron chi connectivity index (χ1n) is 6.52. The van der Waals surface area contributed by atoms with Gasteiger partial charge in [-0.2, -0.15) is 0 Å². The number of aliphatic imine (C=N–C) groups is 1. The molecule has 0 radical (unpaired) electrons. The average Bonchev–Trinajstić information content (AvgIpc) is 2.33. The van der Waals surface area contributed by atoms with Crippen LogP contribution >= 0.6 is 24.0 Å². The molecular formula is C14H26IN3. The molecule has 0 aromatic rings. The fourth-order valence-electron chi connectivity index (χ4n) is 2.50. The number of nitrogens with zero attached hydrogens (tertiary/aromatic N) is 2. The number of rotatable bonds is 3. The first-order valence-corrected chi connectivity index (χ1v) is 6.52. The Balaban J connectivity index is 0.00000289. The van der Waals surface area contributed by atoms with Crippen molar-refractivity contribution < 1.29 is 0 Å². The van der Waals surface area contributed by atoms with E-state index in [9.17, 15) is 0 Å². The molecule has 0 saturated heterocycles. The van der Waals surface area contributed by atoms with E-state index in [-0.39, 0.29) is 24.0 Å². The van der Waals surface area contributed by atoms with Gasteiger partial charge in [0, 0.05) is 20.6 Å². The summed E-state index contributed by atoms with van der Waals surface area (Å²) in [7, 11) is 3.89. The molecule has 0 spiro atoms. The maximum atomic E-state index is 5.25.